The van der Waals surface area contributed by atoms with Gasteiger partial charge in [0.1, 0.15) is 0 Å². The molecular formula is C14H17F2N5O. The van der Waals surface area contributed by atoms with Crippen LogP contribution in [0.3, 0.4) is 0 Å². The van der Waals surface area contributed by atoms with Gasteiger partial charge < -0.3 is 10.2 Å². The van der Waals surface area contributed by atoms with Gasteiger partial charge in [-0.3, -0.25) is 4.68 Å². The highest BCUT2D eigenvalue weighted by Gasteiger charge is 2.32. The van der Waals surface area contributed by atoms with Crippen LogP contribution in [-0.2, 0) is 7.05 Å². The molecule has 1 fully saturated rings. The molecular weight excluding hydrogens is 292 g/mol. The van der Waals surface area contributed by atoms with E-state index < -0.39 is 6.43 Å². The maximum atomic E-state index is 12.2. The van der Waals surface area contributed by atoms with Gasteiger partial charge in [0.25, 0.3) is 0 Å². The van der Waals surface area contributed by atoms with E-state index in [0.29, 0.717) is 18.8 Å². The predicted molar refractivity (Wildman–Crippen MR) is 77.9 cm³/mol. The molecule has 3 heterocycles. The average molecular weight is 309 g/mol. The summed E-state index contributed by atoms with van der Waals surface area (Å²) in [6.07, 6.45) is -0.889. The maximum Gasteiger partial charge on any atom is 0.321 e. The minimum atomic E-state index is -2.31. The smallest absolute Gasteiger partial charge is 0.321 e. The Balaban J connectivity index is 1.64. The van der Waals surface area contributed by atoms with Gasteiger partial charge >= 0.3 is 6.03 Å². The third kappa shape index (κ3) is 2.72. The van der Waals surface area contributed by atoms with Gasteiger partial charge in [-0.05, 0) is 18.9 Å². The zero-order valence-corrected chi connectivity index (χ0v) is 12.4. The maximum absolute atomic E-state index is 12.2. The van der Waals surface area contributed by atoms with Crippen molar-refractivity contribution in [1.29, 1.82) is 0 Å². The number of aromatic nitrogens is 3. The number of carbonyl (C=O) groups is 1. The summed E-state index contributed by atoms with van der Waals surface area (Å²) in [4.78, 5) is 17.8. The normalized spacial score (nSPS) is 15.4. The van der Waals surface area contributed by atoms with E-state index in [1.165, 1.54) is 4.90 Å². The molecule has 2 amide bonds. The highest BCUT2D eigenvalue weighted by atomic mass is 19.3. The van der Waals surface area contributed by atoms with E-state index in [1.807, 2.05) is 20.0 Å². The number of rotatable bonds is 3. The largest absolute Gasteiger partial charge is 0.324 e. The van der Waals surface area contributed by atoms with Crippen LogP contribution in [0, 0.1) is 12.8 Å². The van der Waals surface area contributed by atoms with Gasteiger partial charge in [0.05, 0.1) is 17.6 Å². The first-order chi connectivity index (χ1) is 10.4. The van der Waals surface area contributed by atoms with E-state index in [1.54, 1.807) is 10.9 Å². The highest BCUT2D eigenvalue weighted by molar-refractivity contribution is 5.92. The molecule has 22 heavy (non-hydrogen) atoms. The molecule has 118 valence electrons. The van der Waals surface area contributed by atoms with E-state index in [9.17, 15) is 13.6 Å². The molecule has 6 nitrogen and oxygen atoms in total. The lowest BCUT2D eigenvalue weighted by Crippen LogP contribution is -2.52. The summed E-state index contributed by atoms with van der Waals surface area (Å²) in [7, 11) is 1.81. The van der Waals surface area contributed by atoms with E-state index in [-0.39, 0.29) is 18.4 Å². The summed E-state index contributed by atoms with van der Waals surface area (Å²) < 4.78 is 26.1. The number of amides is 2. The number of nitrogens with one attached hydrogen (secondary N) is 1. The zero-order valence-electron chi connectivity index (χ0n) is 12.4. The minimum absolute atomic E-state index is 0.105. The second kappa shape index (κ2) is 5.51. The number of pyridine rings is 1. The molecule has 1 aliphatic rings. The van der Waals surface area contributed by atoms with Gasteiger partial charge in [-0.15, -0.1) is 0 Å². The molecule has 3 rings (SSSR count). The lowest BCUT2D eigenvalue weighted by molar-refractivity contribution is 0.0572. The molecule has 0 aliphatic carbocycles. The van der Waals surface area contributed by atoms with Crippen LogP contribution in [0.4, 0.5) is 19.3 Å². The average Bonchev–Trinajstić information content (AvgIpc) is 2.68. The van der Waals surface area contributed by atoms with Crippen molar-refractivity contribution >= 4 is 22.8 Å². The molecule has 8 heteroatoms. The van der Waals surface area contributed by atoms with E-state index in [2.05, 4.69) is 15.4 Å². The molecule has 0 spiro atoms. The summed E-state index contributed by atoms with van der Waals surface area (Å²) in [5, 5.41) is 7.89. The topological polar surface area (TPSA) is 63.1 Å². The number of hydrogen-bond acceptors (Lipinski definition) is 3. The van der Waals surface area contributed by atoms with Crippen molar-refractivity contribution in [2.75, 3.05) is 18.4 Å². The first kappa shape index (κ1) is 14.7. The van der Waals surface area contributed by atoms with Gasteiger partial charge in [-0.25, -0.2) is 18.6 Å². The van der Waals surface area contributed by atoms with Crippen LogP contribution in [0.1, 0.15) is 12.1 Å². The molecule has 2 aromatic heterocycles. The Bertz CT molecular complexity index is 709. The Kier molecular flexibility index (Phi) is 3.67. The lowest BCUT2D eigenvalue weighted by Gasteiger charge is -2.39. The van der Waals surface area contributed by atoms with Gasteiger partial charge in [0.2, 0.25) is 6.43 Å². The number of fused-ring (bicyclic) bond motifs is 1. The van der Waals surface area contributed by atoms with Crippen LogP contribution in [0.2, 0.25) is 0 Å². The number of nitrogens with zero attached hydrogens (tertiary/aromatic N) is 4. The van der Waals surface area contributed by atoms with E-state index in [0.717, 1.165) is 16.7 Å². The predicted octanol–water partition coefficient (Wildman–Crippen LogP) is 2.40. The van der Waals surface area contributed by atoms with Crippen LogP contribution >= 0.6 is 0 Å². The second-order valence-electron chi connectivity index (χ2n) is 5.63. The van der Waals surface area contributed by atoms with Crippen molar-refractivity contribution < 1.29 is 13.6 Å². The van der Waals surface area contributed by atoms with Gasteiger partial charge in [-0.2, -0.15) is 5.10 Å². The SMILES string of the molecule is Cc1nn(C)c2ncc(NC(=O)N3CC(CC(F)F)C3)cc12. The Morgan fingerprint density at radius 3 is 2.91 bits per heavy atom. The van der Waals surface area contributed by atoms with Gasteiger partial charge in [0, 0.05) is 31.9 Å². The zero-order chi connectivity index (χ0) is 15.9. The number of aryl methyl sites for hydroxylation is 2. The summed E-state index contributed by atoms with van der Waals surface area (Å²) in [6.45, 7) is 2.62. The van der Waals surface area contributed by atoms with Crippen LogP contribution in [-0.4, -0.2) is 45.2 Å². The standard InChI is InChI=1S/C14H17F2N5O/c1-8-11-4-10(5-17-13(11)20(2)19-8)18-14(22)21-6-9(7-21)3-12(15)16/h4-5,9,12H,3,6-7H2,1-2H3,(H,18,22). The number of hydrogen-bond donors (Lipinski definition) is 1. The third-order valence-corrected chi connectivity index (χ3v) is 3.87. The van der Waals surface area contributed by atoms with Crippen molar-refractivity contribution in [3.63, 3.8) is 0 Å². The molecule has 0 saturated carbocycles. The number of halogens is 2. The first-order valence-corrected chi connectivity index (χ1v) is 7.07. The summed E-state index contributed by atoms with van der Waals surface area (Å²) in [6, 6.07) is 1.53. The van der Waals surface area contributed by atoms with Crippen molar-refractivity contribution in [1.82, 2.24) is 19.7 Å². The van der Waals surface area contributed by atoms with Gasteiger partial charge in [0.15, 0.2) is 5.65 Å². The highest BCUT2D eigenvalue weighted by Crippen LogP contribution is 2.24. The van der Waals surface area contributed by atoms with Crippen molar-refractivity contribution in [3.8, 4) is 0 Å². The molecule has 0 bridgehead atoms. The van der Waals surface area contributed by atoms with Crippen molar-refractivity contribution in [3.05, 3.63) is 18.0 Å². The molecule has 0 atom stereocenters. The fourth-order valence-corrected chi connectivity index (χ4v) is 2.72. The molecule has 2 aromatic rings. The first-order valence-electron chi connectivity index (χ1n) is 7.07. The summed E-state index contributed by atoms with van der Waals surface area (Å²) >= 11 is 0. The van der Waals surface area contributed by atoms with Gasteiger partial charge in [-0.1, -0.05) is 0 Å². The summed E-state index contributed by atoms with van der Waals surface area (Å²) in [5.41, 5.74) is 2.16. The Morgan fingerprint density at radius 2 is 2.23 bits per heavy atom. The van der Waals surface area contributed by atoms with Crippen LogP contribution < -0.4 is 5.32 Å². The minimum Gasteiger partial charge on any atom is -0.324 e. The fourth-order valence-electron chi connectivity index (χ4n) is 2.72. The Hall–Kier alpha value is -2.25. The number of carbonyl (C=O) groups excluding carboxylic acids is 1. The van der Waals surface area contributed by atoms with Crippen LogP contribution in [0.15, 0.2) is 12.3 Å². The van der Waals surface area contributed by atoms with E-state index >= 15 is 0 Å². The summed E-state index contributed by atoms with van der Waals surface area (Å²) in [5.74, 6) is -0.105. The molecule has 1 aliphatic heterocycles. The monoisotopic (exact) mass is 309 g/mol. The molecule has 1 N–H and O–H groups in total. The lowest BCUT2D eigenvalue weighted by atomic mass is 9.97. The quantitative estimate of drug-likeness (QED) is 0.947. The Labute approximate surface area is 126 Å². The Morgan fingerprint density at radius 1 is 1.50 bits per heavy atom. The third-order valence-electron chi connectivity index (χ3n) is 3.87. The van der Waals surface area contributed by atoms with Crippen LogP contribution in [0.5, 0.6) is 0 Å². The van der Waals surface area contributed by atoms with Crippen molar-refractivity contribution in [2.45, 2.75) is 19.8 Å². The second-order valence-corrected chi connectivity index (χ2v) is 5.63. The fraction of sp³-hybridized carbons (Fsp3) is 0.500. The number of alkyl halides is 2. The van der Waals surface area contributed by atoms with E-state index in [4.69, 9.17) is 0 Å². The number of urea groups is 1. The molecule has 0 radical (unpaired) electrons. The number of anilines is 1. The number of likely N-dealkylation sites (tertiary alicyclic amines) is 1. The van der Waals surface area contributed by atoms with Crippen molar-refractivity contribution in [2.24, 2.45) is 13.0 Å². The molecule has 0 unspecified atom stereocenters. The van der Waals surface area contributed by atoms with Crippen LogP contribution in [0.25, 0.3) is 11.0 Å². The molecule has 1 saturated heterocycles. The molecule has 0 aromatic carbocycles.